The Bertz CT molecular complexity index is 1120. The first kappa shape index (κ1) is 24.8. The number of carbonyl (C=O) groups excluding carboxylic acids is 1. The summed E-state index contributed by atoms with van der Waals surface area (Å²) < 4.78 is 25.9. The van der Waals surface area contributed by atoms with Crippen molar-refractivity contribution in [1.82, 2.24) is 14.9 Å². The van der Waals surface area contributed by atoms with Crippen molar-refractivity contribution in [3.63, 3.8) is 0 Å². The van der Waals surface area contributed by atoms with E-state index in [1.807, 2.05) is 0 Å². The third-order valence-corrected chi connectivity index (χ3v) is 7.69. The highest BCUT2D eigenvalue weighted by atomic mass is 35.5. The Balaban J connectivity index is 1.45. The molecule has 3 aliphatic rings. The third-order valence-electron chi connectivity index (χ3n) is 7.33. The number of urea groups is 1. The fraction of sp³-hybridized carbons (Fsp3) is 0.560. The number of benzene rings is 1. The molecule has 2 amide bonds. The average molecular weight is 519 g/mol. The monoisotopic (exact) mass is 518 g/mol. The number of rotatable bonds is 7. The van der Waals surface area contributed by atoms with E-state index < -0.39 is 5.82 Å². The molecule has 0 bridgehead atoms. The second-order valence-corrected chi connectivity index (χ2v) is 10.3. The Labute approximate surface area is 215 Å². The lowest BCUT2D eigenvalue weighted by Crippen LogP contribution is -2.49. The highest BCUT2D eigenvalue weighted by Crippen LogP contribution is 2.46. The van der Waals surface area contributed by atoms with E-state index in [1.54, 1.807) is 11.1 Å². The van der Waals surface area contributed by atoms with Gasteiger partial charge in [0.05, 0.1) is 20.8 Å². The number of carbonyl (C=O) groups is 1. The molecule has 2 saturated carbocycles. The highest BCUT2D eigenvalue weighted by Gasteiger charge is 2.43. The minimum Gasteiger partial charge on any atom is -0.495 e. The van der Waals surface area contributed by atoms with Crippen molar-refractivity contribution in [2.45, 2.75) is 63.2 Å². The molecule has 0 atom stereocenters. The van der Waals surface area contributed by atoms with Crippen molar-refractivity contribution in [3.8, 4) is 11.5 Å². The zero-order valence-corrected chi connectivity index (χ0v) is 21.8. The van der Waals surface area contributed by atoms with Gasteiger partial charge in [-0.15, -0.1) is 0 Å². The second-order valence-electron chi connectivity index (χ2n) is 9.88. The molecule has 0 unspecified atom stereocenters. The molecule has 0 saturated heterocycles. The van der Waals surface area contributed by atoms with Crippen LogP contribution in [0.1, 0.15) is 44.1 Å². The lowest BCUT2D eigenvalue weighted by atomic mass is 9.91. The number of fused-ring (bicyclic) bond motifs is 1. The van der Waals surface area contributed by atoms with Gasteiger partial charge in [-0.3, -0.25) is 9.80 Å². The quantitative estimate of drug-likeness (QED) is 0.569. The van der Waals surface area contributed by atoms with Gasteiger partial charge in [0.1, 0.15) is 22.3 Å². The van der Waals surface area contributed by atoms with Crippen LogP contribution in [-0.2, 0) is 6.54 Å². The fourth-order valence-electron chi connectivity index (χ4n) is 5.11. The Kier molecular flexibility index (Phi) is 6.82. The number of nitrogens with zero attached hydrogens (tertiary/aromatic N) is 5. The summed E-state index contributed by atoms with van der Waals surface area (Å²) in [5, 5.41) is 3.48. The predicted octanol–water partition coefficient (Wildman–Crippen LogP) is 4.68. The van der Waals surface area contributed by atoms with Crippen LogP contribution in [-0.4, -0.2) is 67.3 Å². The van der Waals surface area contributed by atoms with Crippen LogP contribution in [0.4, 0.5) is 26.6 Å². The van der Waals surface area contributed by atoms with Crippen LogP contribution in [0.5, 0.6) is 11.5 Å². The third kappa shape index (κ3) is 4.52. The Morgan fingerprint density at radius 2 is 1.81 bits per heavy atom. The zero-order chi connectivity index (χ0) is 25.6. The van der Waals surface area contributed by atoms with Crippen LogP contribution in [0, 0.1) is 5.82 Å². The number of nitrogens with one attached hydrogen (secondary N) is 1. The van der Waals surface area contributed by atoms with Crippen LogP contribution in [0.3, 0.4) is 0 Å². The Morgan fingerprint density at radius 1 is 1.11 bits per heavy atom. The molecular weight excluding hydrogens is 487 g/mol. The lowest BCUT2D eigenvalue weighted by Gasteiger charge is -2.37. The van der Waals surface area contributed by atoms with E-state index in [0.717, 1.165) is 44.1 Å². The van der Waals surface area contributed by atoms with E-state index in [1.165, 1.54) is 25.2 Å². The van der Waals surface area contributed by atoms with Crippen molar-refractivity contribution in [2.24, 2.45) is 0 Å². The molecule has 11 heteroatoms. The maximum absolute atomic E-state index is 15.4. The van der Waals surface area contributed by atoms with Crippen LogP contribution < -0.4 is 24.6 Å². The van der Waals surface area contributed by atoms with Crippen molar-refractivity contribution in [1.29, 1.82) is 0 Å². The van der Waals surface area contributed by atoms with Crippen molar-refractivity contribution < 1.29 is 18.7 Å². The van der Waals surface area contributed by atoms with Gasteiger partial charge in [-0.25, -0.2) is 14.2 Å². The molecule has 1 aromatic heterocycles. The SMILES string of the molecule is COc1cc(OC)c(Cl)c(N2Cc3cnc(NC4CCC(N(C)C)CC4)nc3N(C3CC3)C2=O)c1F. The summed E-state index contributed by atoms with van der Waals surface area (Å²) in [6.45, 7) is 0.0819. The molecule has 2 aliphatic carbocycles. The zero-order valence-electron chi connectivity index (χ0n) is 21.1. The summed E-state index contributed by atoms with van der Waals surface area (Å²) in [4.78, 5) is 28.3. The Morgan fingerprint density at radius 3 is 2.42 bits per heavy atom. The maximum atomic E-state index is 15.4. The van der Waals surface area contributed by atoms with Crippen LogP contribution in [0.25, 0.3) is 0 Å². The molecule has 194 valence electrons. The molecule has 0 radical (unpaired) electrons. The lowest BCUT2D eigenvalue weighted by molar-refractivity contribution is 0.221. The molecular formula is C25H32ClFN6O3. The van der Waals surface area contributed by atoms with E-state index in [9.17, 15) is 4.79 Å². The van der Waals surface area contributed by atoms with Crippen molar-refractivity contribution >= 4 is 35.1 Å². The van der Waals surface area contributed by atoms with Gasteiger partial charge in [0, 0.05) is 36.0 Å². The first-order valence-corrected chi connectivity index (χ1v) is 12.7. The summed E-state index contributed by atoms with van der Waals surface area (Å²) in [6.07, 6.45) is 7.75. The molecule has 1 N–H and O–H groups in total. The standard InChI is InChI=1S/C25H32ClFN6O3/c1-31(2)16-7-5-15(6-8-16)29-24-28-12-14-13-32(25(34)33(17-9-10-17)23(14)30-24)22-20(26)18(35-3)11-19(36-4)21(22)27/h11-12,15-17H,5-10,13H2,1-4H3,(H,28,29,30). The van der Waals surface area contributed by atoms with Crippen LogP contribution in [0.2, 0.25) is 5.02 Å². The number of halogens is 2. The van der Waals surface area contributed by atoms with Gasteiger partial charge in [-0.1, -0.05) is 11.6 Å². The number of methoxy groups -OCH3 is 2. The number of ether oxygens (including phenoxy) is 2. The number of aromatic nitrogens is 2. The van der Waals surface area contributed by atoms with Crippen molar-refractivity contribution in [2.75, 3.05) is 43.4 Å². The largest absolute Gasteiger partial charge is 0.495 e. The van der Waals surface area contributed by atoms with E-state index >= 15 is 4.39 Å². The minimum absolute atomic E-state index is 0.00618. The van der Waals surface area contributed by atoms with Gasteiger partial charge in [-0.2, -0.15) is 4.98 Å². The molecule has 1 aliphatic heterocycles. The predicted molar refractivity (Wildman–Crippen MR) is 137 cm³/mol. The summed E-state index contributed by atoms with van der Waals surface area (Å²) in [7, 11) is 7.03. The fourth-order valence-corrected chi connectivity index (χ4v) is 5.43. The number of hydrogen-bond donors (Lipinski definition) is 1. The van der Waals surface area contributed by atoms with Crippen LogP contribution >= 0.6 is 11.6 Å². The topological polar surface area (TPSA) is 83.1 Å². The first-order chi connectivity index (χ1) is 17.3. The van der Waals surface area contributed by atoms with Gasteiger partial charge in [0.25, 0.3) is 0 Å². The molecule has 9 nitrogen and oxygen atoms in total. The van der Waals surface area contributed by atoms with Gasteiger partial charge < -0.3 is 19.7 Å². The van der Waals surface area contributed by atoms with Crippen molar-refractivity contribution in [3.05, 3.63) is 28.7 Å². The van der Waals surface area contributed by atoms with Gasteiger partial charge in [0.15, 0.2) is 11.6 Å². The second kappa shape index (κ2) is 9.89. The summed E-state index contributed by atoms with van der Waals surface area (Å²) in [6, 6.07) is 1.89. The van der Waals surface area contributed by atoms with E-state index in [0.29, 0.717) is 23.8 Å². The maximum Gasteiger partial charge on any atom is 0.330 e. The first-order valence-electron chi connectivity index (χ1n) is 12.3. The van der Waals surface area contributed by atoms with E-state index in [-0.39, 0.29) is 40.8 Å². The summed E-state index contributed by atoms with van der Waals surface area (Å²) in [5.41, 5.74) is 0.648. The molecule has 2 aromatic rings. The minimum atomic E-state index is -0.719. The molecule has 36 heavy (non-hydrogen) atoms. The number of hydrogen-bond acceptors (Lipinski definition) is 7. The Hall–Kier alpha value is -2.85. The summed E-state index contributed by atoms with van der Waals surface area (Å²) in [5.74, 6) is 0.540. The van der Waals surface area contributed by atoms with Gasteiger partial charge >= 0.3 is 6.03 Å². The highest BCUT2D eigenvalue weighted by molar-refractivity contribution is 6.35. The van der Waals surface area contributed by atoms with Crippen LogP contribution in [0.15, 0.2) is 12.3 Å². The molecule has 2 heterocycles. The van der Waals surface area contributed by atoms with Gasteiger partial charge in [-0.05, 0) is 52.6 Å². The van der Waals surface area contributed by atoms with Gasteiger partial charge in [0.2, 0.25) is 5.95 Å². The number of anilines is 3. The molecule has 5 rings (SSSR count). The normalized spacial score (nSPS) is 22.0. The van der Waals surface area contributed by atoms with E-state index in [2.05, 4.69) is 29.3 Å². The molecule has 0 spiro atoms. The average Bonchev–Trinajstić information content (AvgIpc) is 3.70. The smallest absolute Gasteiger partial charge is 0.330 e. The number of amides is 2. The molecule has 2 fully saturated rings. The van der Waals surface area contributed by atoms with E-state index in [4.69, 9.17) is 26.1 Å². The summed E-state index contributed by atoms with van der Waals surface area (Å²) >= 11 is 6.50. The molecule has 1 aromatic carbocycles.